The summed E-state index contributed by atoms with van der Waals surface area (Å²) >= 11 is 0. The first-order valence-corrected chi connectivity index (χ1v) is 5.98. The van der Waals surface area contributed by atoms with E-state index in [1.165, 1.54) is 13.8 Å². The first-order valence-electron chi connectivity index (χ1n) is 5.98. The Balaban J connectivity index is 3.09. The predicted molar refractivity (Wildman–Crippen MR) is 67.1 cm³/mol. The molecule has 0 aliphatic heterocycles. The van der Waals surface area contributed by atoms with Gasteiger partial charge in [-0.05, 0) is 12.8 Å². The summed E-state index contributed by atoms with van der Waals surface area (Å²) < 4.78 is 31.3. The molecule has 20 heavy (non-hydrogen) atoms. The molecule has 0 aromatic heterocycles. The number of nitrogens with two attached hydrogens (primary N) is 1. The van der Waals surface area contributed by atoms with Crippen LogP contribution < -0.4 is 10.5 Å². The molecule has 7 heteroatoms. The number of carbonyl (C=O) groups is 2. The molecule has 5 nitrogen and oxygen atoms in total. The lowest BCUT2D eigenvalue weighted by atomic mass is 9.82. The zero-order chi connectivity index (χ0) is 15.5. The van der Waals surface area contributed by atoms with Crippen molar-refractivity contribution in [1.29, 1.82) is 0 Å². The smallest absolute Gasteiger partial charge is 0.328 e. The van der Waals surface area contributed by atoms with Crippen LogP contribution in [0.4, 0.5) is 14.5 Å². The molecule has 110 valence electrons. The molecule has 1 aromatic carbocycles. The van der Waals surface area contributed by atoms with E-state index in [0.717, 1.165) is 12.1 Å². The molecule has 1 rings (SSSR count). The number of anilines is 1. The number of rotatable bonds is 5. The van der Waals surface area contributed by atoms with Gasteiger partial charge in [-0.25, -0.2) is 8.78 Å². The summed E-state index contributed by atoms with van der Waals surface area (Å²) in [6, 6.07) is 1.46. The summed E-state index contributed by atoms with van der Waals surface area (Å²) in [6.07, 6.45) is -0.00476. The number of esters is 1. The molecule has 0 heterocycles. The van der Waals surface area contributed by atoms with Crippen molar-refractivity contribution in [2.45, 2.75) is 26.7 Å². The van der Waals surface area contributed by atoms with E-state index in [0.29, 0.717) is 0 Å². The standard InChI is InChI=1S/C13H15F2NO4/c1-3-13(4-2,11(17)18)12(19)20-7-5-8(14)10(16)9(15)6-7/h5-6H,3-4,16H2,1-2H3,(H,17,18). The van der Waals surface area contributed by atoms with E-state index in [9.17, 15) is 18.4 Å². The van der Waals surface area contributed by atoms with Crippen LogP contribution in [0.5, 0.6) is 5.75 Å². The van der Waals surface area contributed by atoms with Gasteiger partial charge < -0.3 is 15.6 Å². The quantitative estimate of drug-likeness (QED) is 0.375. The molecular weight excluding hydrogens is 272 g/mol. The largest absolute Gasteiger partial charge is 0.480 e. The second kappa shape index (κ2) is 5.85. The van der Waals surface area contributed by atoms with Crippen molar-refractivity contribution in [2.75, 3.05) is 5.73 Å². The van der Waals surface area contributed by atoms with Gasteiger partial charge in [0.2, 0.25) is 0 Å². The van der Waals surface area contributed by atoms with E-state index in [2.05, 4.69) is 0 Å². The third kappa shape index (κ3) is 2.71. The van der Waals surface area contributed by atoms with E-state index in [4.69, 9.17) is 15.6 Å². The minimum absolute atomic E-state index is 0.00238. The molecule has 0 amide bonds. The summed E-state index contributed by atoms with van der Waals surface area (Å²) in [7, 11) is 0. The fourth-order valence-electron chi connectivity index (χ4n) is 1.75. The van der Waals surface area contributed by atoms with Crippen molar-refractivity contribution in [2.24, 2.45) is 5.41 Å². The minimum atomic E-state index is -1.74. The molecule has 0 fully saturated rings. The molecule has 0 spiro atoms. The van der Waals surface area contributed by atoms with Crippen LogP contribution in [0.1, 0.15) is 26.7 Å². The van der Waals surface area contributed by atoms with Crippen LogP contribution in [-0.2, 0) is 9.59 Å². The van der Waals surface area contributed by atoms with Crippen LogP contribution >= 0.6 is 0 Å². The van der Waals surface area contributed by atoms with Gasteiger partial charge in [-0.1, -0.05) is 13.8 Å². The van der Waals surface area contributed by atoms with Crippen LogP contribution in [0.3, 0.4) is 0 Å². The predicted octanol–water partition coefficient (Wildman–Crippen LogP) is 2.34. The molecule has 0 saturated heterocycles. The zero-order valence-electron chi connectivity index (χ0n) is 11.1. The Labute approximate surface area is 114 Å². The van der Waals surface area contributed by atoms with Crippen molar-refractivity contribution in [3.8, 4) is 5.75 Å². The maximum absolute atomic E-state index is 13.2. The number of carboxylic acids is 1. The SMILES string of the molecule is CCC(CC)(C(=O)O)C(=O)Oc1cc(F)c(N)c(F)c1. The Morgan fingerprint density at radius 3 is 2.05 bits per heavy atom. The number of hydrogen-bond donors (Lipinski definition) is 2. The lowest BCUT2D eigenvalue weighted by Gasteiger charge is -2.24. The van der Waals surface area contributed by atoms with Gasteiger partial charge in [-0.3, -0.25) is 9.59 Å². The molecule has 0 bridgehead atoms. The Hall–Kier alpha value is -2.18. The topological polar surface area (TPSA) is 89.6 Å². The highest BCUT2D eigenvalue weighted by Gasteiger charge is 2.44. The number of halogens is 2. The summed E-state index contributed by atoms with van der Waals surface area (Å²) in [5.74, 6) is -5.00. The van der Waals surface area contributed by atoms with Crippen molar-refractivity contribution in [1.82, 2.24) is 0 Å². The Morgan fingerprint density at radius 2 is 1.70 bits per heavy atom. The molecule has 3 N–H and O–H groups in total. The number of hydrogen-bond acceptors (Lipinski definition) is 4. The summed E-state index contributed by atoms with van der Waals surface area (Å²) in [6.45, 7) is 3.03. The number of ether oxygens (including phenoxy) is 1. The number of benzene rings is 1. The second-order valence-corrected chi connectivity index (χ2v) is 4.28. The molecule has 0 unspecified atom stereocenters. The van der Waals surface area contributed by atoms with Crippen molar-refractivity contribution in [3.05, 3.63) is 23.8 Å². The number of carboxylic acid groups (broad SMARTS) is 1. The zero-order valence-corrected chi connectivity index (χ0v) is 11.1. The number of nitrogen functional groups attached to an aromatic ring is 1. The van der Waals surface area contributed by atoms with Gasteiger partial charge in [0.15, 0.2) is 17.0 Å². The normalized spacial score (nSPS) is 11.2. The van der Waals surface area contributed by atoms with E-state index in [1.54, 1.807) is 0 Å². The molecule has 0 atom stereocenters. The average Bonchev–Trinajstić information content (AvgIpc) is 2.37. The Morgan fingerprint density at radius 1 is 1.25 bits per heavy atom. The van der Waals surface area contributed by atoms with Gasteiger partial charge in [-0.15, -0.1) is 0 Å². The van der Waals surface area contributed by atoms with Crippen molar-refractivity contribution < 1.29 is 28.2 Å². The van der Waals surface area contributed by atoms with Gasteiger partial charge in [0, 0.05) is 12.1 Å². The van der Waals surface area contributed by atoms with Gasteiger partial charge in [-0.2, -0.15) is 0 Å². The van der Waals surface area contributed by atoms with Gasteiger partial charge in [0.1, 0.15) is 11.4 Å². The van der Waals surface area contributed by atoms with Crippen molar-refractivity contribution in [3.63, 3.8) is 0 Å². The van der Waals surface area contributed by atoms with E-state index >= 15 is 0 Å². The first kappa shape index (κ1) is 15.9. The van der Waals surface area contributed by atoms with Crippen LogP contribution in [-0.4, -0.2) is 17.0 Å². The van der Waals surface area contributed by atoms with Crippen molar-refractivity contribution >= 4 is 17.6 Å². The molecule has 0 aliphatic carbocycles. The van der Waals surface area contributed by atoms with Gasteiger partial charge >= 0.3 is 11.9 Å². The maximum atomic E-state index is 13.2. The third-order valence-electron chi connectivity index (χ3n) is 3.27. The average molecular weight is 287 g/mol. The summed E-state index contributed by atoms with van der Waals surface area (Å²) in [5.41, 5.74) is 2.65. The lowest BCUT2D eigenvalue weighted by Crippen LogP contribution is -2.41. The third-order valence-corrected chi connectivity index (χ3v) is 3.27. The first-order chi connectivity index (χ1) is 9.28. The van der Waals surface area contributed by atoms with E-state index in [1.807, 2.05) is 0 Å². The Kier molecular flexibility index (Phi) is 4.65. The fraction of sp³-hybridized carbons (Fsp3) is 0.385. The lowest BCUT2D eigenvalue weighted by molar-refractivity contribution is -0.163. The summed E-state index contributed by atoms with van der Waals surface area (Å²) in [4.78, 5) is 23.2. The number of aliphatic carboxylic acids is 1. The second-order valence-electron chi connectivity index (χ2n) is 4.28. The maximum Gasteiger partial charge on any atom is 0.328 e. The highest BCUT2D eigenvalue weighted by molar-refractivity contribution is 5.99. The van der Waals surface area contributed by atoms with E-state index in [-0.39, 0.29) is 12.8 Å². The summed E-state index contributed by atoms with van der Waals surface area (Å²) in [5, 5.41) is 9.16. The van der Waals surface area contributed by atoms with Crippen LogP contribution in [0.15, 0.2) is 12.1 Å². The monoisotopic (exact) mass is 287 g/mol. The Bertz CT molecular complexity index is 518. The van der Waals surface area contributed by atoms with Crippen LogP contribution in [0.2, 0.25) is 0 Å². The molecular formula is C13H15F2NO4. The van der Waals surface area contributed by atoms with E-state index < -0.39 is 40.4 Å². The minimum Gasteiger partial charge on any atom is -0.480 e. The van der Waals surface area contributed by atoms with Gasteiger partial charge in [0.25, 0.3) is 0 Å². The van der Waals surface area contributed by atoms with Crippen LogP contribution in [0.25, 0.3) is 0 Å². The molecule has 0 aliphatic rings. The highest BCUT2D eigenvalue weighted by atomic mass is 19.1. The van der Waals surface area contributed by atoms with Gasteiger partial charge in [0.05, 0.1) is 0 Å². The highest BCUT2D eigenvalue weighted by Crippen LogP contribution is 2.30. The molecule has 0 saturated carbocycles. The molecule has 0 radical (unpaired) electrons. The van der Waals surface area contributed by atoms with Crippen LogP contribution in [0, 0.1) is 17.0 Å². The molecule has 1 aromatic rings. The number of carbonyl (C=O) groups excluding carboxylic acids is 1. The fourth-order valence-corrected chi connectivity index (χ4v) is 1.75.